The van der Waals surface area contributed by atoms with Crippen LogP contribution in [0.2, 0.25) is 0 Å². The molecule has 0 radical (unpaired) electrons. The molecule has 2 heterocycles. The molecule has 2 aliphatic heterocycles. The second kappa shape index (κ2) is 5.48. The molecule has 2 amide bonds. The van der Waals surface area contributed by atoms with Crippen LogP contribution in [0.25, 0.3) is 0 Å². The van der Waals surface area contributed by atoms with Gasteiger partial charge < -0.3 is 10.6 Å². The van der Waals surface area contributed by atoms with E-state index in [-0.39, 0.29) is 29.9 Å². The van der Waals surface area contributed by atoms with E-state index in [2.05, 4.69) is 0 Å². The first-order valence-electron chi connectivity index (χ1n) is 6.68. The predicted molar refractivity (Wildman–Crippen MR) is 69.9 cm³/mol. The van der Waals surface area contributed by atoms with Crippen molar-refractivity contribution < 1.29 is 18.0 Å². The summed E-state index contributed by atoms with van der Waals surface area (Å²) in [6.45, 7) is 0.604. The number of carbonyl (C=O) groups is 2. The van der Waals surface area contributed by atoms with Crippen LogP contribution in [0.1, 0.15) is 32.1 Å². The number of primary amides is 1. The standard InChI is InChI=1S/C12H20N2O4S/c13-11(15)7-10-3-1-2-5-14(10)12(16)9-4-6-19(17,18)8-9/h9-10H,1-8H2,(H2,13,15). The molecule has 0 spiro atoms. The highest BCUT2D eigenvalue weighted by Crippen LogP contribution is 2.26. The molecule has 19 heavy (non-hydrogen) atoms. The predicted octanol–water partition coefficient (Wildman–Crippen LogP) is -0.322. The normalized spacial score (nSPS) is 30.2. The fourth-order valence-corrected chi connectivity index (χ4v) is 4.69. The molecule has 6 nitrogen and oxygen atoms in total. The van der Waals surface area contributed by atoms with Crippen molar-refractivity contribution in [3.63, 3.8) is 0 Å². The maximum Gasteiger partial charge on any atom is 0.227 e. The summed E-state index contributed by atoms with van der Waals surface area (Å²) in [4.78, 5) is 25.1. The van der Waals surface area contributed by atoms with E-state index >= 15 is 0 Å². The third-order valence-electron chi connectivity index (χ3n) is 3.93. The summed E-state index contributed by atoms with van der Waals surface area (Å²) in [5.41, 5.74) is 5.21. The topological polar surface area (TPSA) is 97.5 Å². The van der Waals surface area contributed by atoms with Gasteiger partial charge in [-0.3, -0.25) is 9.59 Å². The molecule has 0 aromatic carbocycles. The van der Waals surface area contributed by atoms with Crippen LogP contribution in [-0.2, 0) is 19.4 Å². The molecule has 2 N–H and O–H groups in total. The first-order valence-corrected chi connectivity index (χ1v) is 8.50. The SMILES string of the molecule is NC(=O)CC1CCCCN1C(=O)C1CCS(=O)(=O)C1. The van der Waals surface area contributed by atoms with Gasteiger partial charge in [0.2, 0.25) is 11.8 Å². The molecule has 2 aliphatic rings. The Morgan fingerprint density at radius 1 is 1.21 bits per heavy atom. The third-order valence-corrected chi connectivity index (χ3v) is 5.70. The molecule has 2 atom stereocenters. The number of hydrogen-bond acceptors (Lipinski definition) is 4. The number of amides is 2. The van der Waals surface area contributed by atoms with Gasteiger partial charge in [-0.2, -0.15) is 0 Å². The van der Waals surface area contributed by atoms with Crippen molar-refractivity contribution in [3.05, 3.63) is 0 Å². The van der Waals surface area contributed by atoms with Crippen LogP contribution >= 0.6 is 0 Å². The summed E-state index contributed by atoms with van der Waals surface area (Å²) < 4.78 is 22.9. The minimum Gasteiger partial charge on any atom is -0.370 e. The number of likely N-dealkylation sites (tertiary alicyclic amines) is 1. The summed E-state index contributed by atoms with van der Waals surface area (Å²) >= 11 is 0. The molecular weight excluding hydrogens is 268 g/mol. The van der Waals surface area contributed by atoms with Crippen LogP contribution < -0.4 is 5.73 Å². The quantitative estimate of drug-likeness (QED) is 0.769. The molecule has 0 aliphatic carbocycles. The number of carbonyl (C=O) groups excluding carboxylic acids is 2. The molecule has 0 bridgehead atoms. The van der Waals surface area contributed by atoms with Crippen molar-refractivity contribution >= 4 is 21.7 Å². The molecule has 2 saturated heterocycles. The van der Waals surface area contributed by atoms with Crippen LogP contribution in [-0.4, -0.2) is 49.2 Å². The monoisotopic (exact) mass is 288 g/mol. The molecule has 0 saturated carbocycles. The van der Waals surface area contributed by atoms with Crippen molar-refractivity contribution in [2.45, 2.75) is 38.1 Å². The van der Waals surface area contributed by atoms with Crippen LogP contribution in [0.15, 0.2) is 0 Å². The summed E-state index contributed by atoms with van der Waals surface area (Å²) in [6.07, 6.45) is 3.23. The van der Waals surface area contributed by atoms with Crippen molar-refractivity contribution in [2.24, 2.45) is 11.7 Å². The van der Waals surface area contributed by atoms with Gasteiger partial charge in [0.1, 0.15) is 0 Å². The number of nitrogens with two attached hydrogens (primary N) is 1. The third kappa shape index (κ3) is 3.46. The first kappa shape index (κ1) is 14.3. The minimum atomic E-state index is -3.06. The summed E-state index contributed by atoms with van der Waals surface area (Å²) in [5, 5.41) is 0. The van der Waals surface area contributed by atoms with Crippen LogP contribution in [0.5, 0.6) is 0 Å². The number of hydrogen-bond donors (Lipinski definition) is 1. The van der Waals surface area contributed by atoms with Crippen molar-refractivity contribution in [1.82, 2.24) is 4.90 Å². The lowest BCUT2D eigenvalue weighted by molar-refractivity contribution is -0.139. The van der Waals surface area contributed by atoms with Gasteiger partial charge in [-0.05, 0) is 25.7 Å². The van der Waals surface area contributed by atoms with E-state index in [1.807, 2.05) is 0 Å². The lowest BCUT2D eigenvalue weighted by atomic mass is 9.96. The Bertz CT molecular complexity index is 474. The van der Waals surface area contributed by atoms with Gasteiger partial charge in [0.05, 0.1) is 17.4 Å². The Balaban J connectivity index is 2.05. The van der Waals surface area contributed by atoms with Gasteiger partial charge in [0.25, 0.3) is 0 Å². The fourth-order valence-electron chi connectivity index (χ4n) is 2.96. The Labute approximate surface area is 113 Å². The Morgan fingerprint density at radius 3 is 2.53 bits per heavy atom. The average molecular weight is 288 g/mol. The van der Waals surface area contributed by atoms with Gasteiger partial charge in [-0.15, -0.1) is 0 Å². The highest BCUT2D eigenvalue weighted by Gasteiger charge is 2.38. The van der Waals surface area contributed by atoms with Gasteiger partial charge in [0, 0.05) is 19.0 Å². The van der Waals surface area contributed by atoms with E-state index in [4.69, 9.17) is 5.73 Å². The molecule has 2 unspecified atom stereocenters. The van der Waals surface area contributed by atoms with E-state index in [1.165, 1.54) is 0 Å². The molecule has 7 heteroatoms. The lowest BCUT2D eigenvalue weighted by Crippen LogP contribution is -2.48. The number of rotatable bonds is 3. The zero-order valence-corrected chi connectivity index (χ0v) is 11.7. The largest absolute Gasteiger partial charge is 0.370 e. The zero-order valence-electron chi connectivity index (χ0n) is 10.9. The van der Waals surface area contributed by atoms with Crippen LogP contribution in [0, 0.1) is 5.92 Å². The Kier molecular flexibility index (Phi) is 4.13. The van der Waals surface area contributed by atoms with Crippen LogP contribution in [0.4, 0.5) is 0 Å². The molecule has 0 aromatic heterocycles. The second-order valence-corrected chi connectivity index (χ2v) is 7.68. The molecular formula is C12H20N2O4S. The minimum absolute atomic E-state index is 0.0500. The average Bonchev–Trinajstić information content (AvgIpc) is 2.69. The van der Waals surface area contributed by atoms with Crippen LogP contribution in [0.3, 0.4) is 0 Å². The summed E-state index contributed by atoms with van der Waals surface area (Å²) in [6, 6.07) is -0.151. The Morgan fingerprint density at radius 2 is 1.95 bits per heavy atom. The number of nitrogens with zero attached hydrogens (tertiary/aromatic N) is 1. The van der Waals surface area contributed by atoms with Gasteiger partial charge in [0.15, 0.2) is 9.84 Å². The highest BCUT2D eigenvalue weighted by atomic mass is 32.2. The number of sulfone groups is 1. The van der Waals surface area contributed by atoms with Gasteiger partial charge in [-0.25, -0.2) is 8.42 Å². The van der Waals surface area contributed by atoms with Gasteiger partial charge >= 0.3 is 0 Å². The van der Waals surface area contributed by atoms with E-state index in [1.54, 1.807) is 4.90 Å². The van der Waals surface area contributed by atoms with E-state index in [0.29, 0.717) is 13.0 Å². The van der Waals surface area contributed by atoms with Crippen molar-refractivity contribution in [3.8, 4) is 0 Å². The van der Waals surface area contributed by atoms with E-state index < -0.39 is 21.7 Å². The highest BCUT2D eigenvalue weighted by molar-refractivity contribution is 7.91. The van der Waals surface area contributed by atoms with E-state index in [0.717, 1.165) is 19.3 Å². The lowest BCUT2D eigenvalue weighted by Gasteiger charge is -2.36. The summed E-state index contributed by atoms with van der Waals surface area (Å²) in [5.74, 6) is -0.919. The second-order valence-electron chi connectivity index (χ2n) is 5.45. The smallest absolute Gasteiger partial charge is 0.227 e. The van der Waals surface area contributed by atoms with Gasteiger partial charge in [-0.1, -0.05) is 0 Å². The molecule has 2 rings (SSSR count). The maximum absolute atomic E-state index is 12.4. The maximum atomic E-state index is 12.4. The molecule has 108 valence electrons. The fraction of sp³-hybridized carbons (Fsp3) is 0.833. The van der Waals surface area contributed by atoms with E-state index in [9.17, 15) is 18.0 Å². The molecule has 2 fully saturated rings. The number of piperidine rings is 1. The van der Waals surface area contributed by atoms with Crippen molar-refractivity contribution in [2.75, 3.05) is 18.1 Å². The first-order chi connectivity index (χ1) is 8.89. The molecule has 0 aromatic rings. The summed E-state index contributed by atoms with van der Waals surface area (Å²) in [7, 11) is -3.06. The van der Waals surface area contributed by atoms with Crippen molar-refractivity contribution in [1.29, 1.82) is 0 Å². The Hall–Kier alpha value is -1.11. The zero-order chi connectivity index (χ0) is 14.0.